The first-order valence-corrected chi connectivity index (χ1v) is 11.2. The summed E-state index contributed by atoms with van der Waals surface area (Å²) in [5.74, 6) is -1.63. The van der Waals surface area contributed by atoms with Gasteiger partial charge in [-0.2, -0.15) is 0 Å². The monoisotopic (exact) mass is 452 g/mol. The van der Waals surface area contributed by atoms with Crippen LogP contribution in [0.5, 0.6) is 0 Å². The molecular weight excluding hydrogens is 420 g/mol. The van der Waals surface area contributed by atoms with Crippen molar-refractivity contribution in [3.63, 3.8) is 0 Å². The molecule has 0 saturated heterocycles. The van der Waals surface area contributed by atoms with Crippen molar-refractivity contribution < 1.29 is 24.2 Å². The number of nitrogens with one attached hydrogen (secondary N) is 1. The van der Waals surface area contributed by atoms with Crippen LogP contribution in [0.1, 0.15) is 50.7 Å². The maximum Gasteiger partial charge on any atom is 0.407 e. The lowest BCUT2D eigenvalue weighted by atomic mass is 9.98. The largest absolute Gasteiger partial charge is 0.480 e. The lowest BCUT2D eigenvalue weighted by Gasteiger charge is -2.33. The van der Waals surface area contributed by atoms with Crippen LogP contribution in [0.4, 0.5) is 4.79 Å². The van der Waals surface area contributed by atoms with Gasteiger partial charge in [0.25, 0.3) is 0 Å². The fourth-order valence-electron chi connectivity index (χ4n) is 4.12. The average Bonchev–Trinajstić information content (AvgIpc) is 3.13. The van der Waals surface area contributed by atoms with E-state index in [9.17, 15) is 19.5 Å². The van der Waals surface area contributed by atoms with Gasteiger partial charge >= 0.3 is 12.1 Å². The minimum Gasteiger partial charge on any atom is -0.480 e. The van der Waals surface area contributed by atoms with Gasteiger partial charge in [-0.05, 0) is 48.9 Å². The average molecular weight is 453 g/mol. The van der Waals surface area contributed by atoms with E-state index in [4.69, 9.17) is 4.74 Å². The molecule has 2 aromatic rings. The van der Waals surface area contributed by atoms with E-state index in [1.807, 2.05) is 24.3 Å². The highest BCUT2D eigenvalue weighted by Crippen LogP contribution is 2.44. The molecule has 1 atom stereocenters. The van der Waals surface area contributed by atoms with Gasteiger partial charge in [-0.3, -0.25) is 4.79 Å². The van der Waals surface area contributed by atoms with E-state index in [1.165, 1.54) is 36.9 Å². The third-order valence-corrected chi connectivity index (χ3v) is 6.54. The number of hydrogen-bond acceptors (Lipinski definition) is 4. The highest BCUT2D eigenvalue weighted by molar-refractivity contribution is 5.87. The Morgan fingerprint density at radius 1 is 1.06 bits per heavy atom. The zero-order valence-corrected chi connectivity index (χ0v) is 19.6. The summed E-state index contributed by atoms with van der Waals surface area (Å²) in [7, 11) is 1.50. The molecule has 0 spiro atoms. The van der Waals surface area contributed by atoms with Crippen molar-refractivity contribution >= 4 is 18.0 Å². The van der Waals surface area contributed by atoms with Crippen LogP contribution >= 0.6 is 0 Å². The summed E-state index contributed by atoms with van der Waals surface area (Å²) >= 11 is 0. The molecule has 0 fully saturated rings. The first kappa shape index (κ1) is 24.3. The molecule has 1 aliphatic carbocycles. The van der Waals surface area contributed by atoms with Crippen LogP contribution in [-0.4, -0.2) is 53.7 Å². The van der Waals surface area contributed by atoms with Crippen LogP contribution in [0.3, 0.4) is 0 Å². The molecule has 1 aliphatic rings. The van der Waals surface area contributed by atoms with Gasteiger partial charge in [0.05, 0.1) is 0 Å². The lowest BCUT2D eigenvalue weighted by molar-refractivity contribution is -0.156. The molecule has 0 saturated carbocycles. The standard InChI is InChI=1S/C26H32N2O5/c1-17(23(29)28(4)26(2,3)24(30)31)10-9-15-27-25(32)33-16-22-20-13-7-5-11-18(20)19-12-6-8-14-21(19)22/h5-8,11-14,17,22H,9-10,15-16H2,1-4H3,(H,27,32)(H,30,31). The summed E-state index contributed by atoms with van der Waals surface area (Å²) in [5.41, 5.74) is 3.40. The number of alkyl carbamates (subject to hydrolysis) is 1. The van der Waals surface area contributed by atoms with Crippen LogP contribution in [0.2, 0.25) is 0 Å². The Morgan fingerprint density at radius 3 is 2.15 bits per heavy atom. The number of ether oxygens (including phenoxy) is 1. The molecule has 2 N–H and O–H groups in total. The van der Waals surface area contributed by atoms with Gasteiger partial charge in [0, 0.05) is 25.4 Å². The van der Waals surface area contributed by atoms with E-state index in [2.05, 4.69) is 29.6 Å². The predicted octanol–water partition coefficient (Wildman–Crippen LogP) is 4.26. The number of aliphatic carboxylic acids is 1. The van der Waals surface area contributed by atoms with E-state index < -0.39 is 17.6 Å². The maximum atomic E-state index is 12.5. The van der Waals surface area contributed by atoms with Gasteiger partial charge in [-0.25, -0.2) is 9.59 Å². The molecule has 0 aliphatic heterocycles. The Hall–Kier alpha value is -3.35. The fraction of sp³-hybridized carbons (Fsp3) is 0.423. The molecule has 1 unspecified atom stereocenters. The molecule has 33 heavy (non-hydrogen) atoms. The van der Waals surface area contributed by atoms with E-state index in [-0.39, 0.29) is 24.3 Å². The summed E-state index contributed by atoms with van der Waals surface area (Å²) in [6, 6.07) is 16.3. The number of rotatable bonds is 9. The minimum atomic E-state index is -1.27. The molecule has 7 heteroatoms. The smallest absolute Gasteiger partial charge is 0.407 e. The maximum absolute atomic E-state index is 12.5. The van der Waals surface area contributed by atoms with Crippen molar-refractivity contribution in [1.29, 1.82) is 0 Å². The zero-order chi connectivity index (χ0) is 24.2. The highest BCUT2D eigenvalue weighted by Gasteiger charge is 2.36. The summed E-state index contributed by atoms with van der Waals surface area (Å²) < 4.78 is 5.51. The van der Waals surface area contributed by atoms with Crippen LogP contribution < -0.4 is 5.32 Å². The van der Waals surface area contributed by atoms with E-state index in [1.54, 1.807) is 6.92 Å². The topological polar surface area (TPSA) is 95.9 Å². The first-order valence-electron chi connectivity index (χ1n) is 11.2. The first-order chi connectivity index (χ1) is 15.6. The zero-order valence-electron chi connectivity index (χ0n) is 19.6. The second-order valence-electron chi connectivity index (χ2n) is 9.06. The summed E-state index contributed by atoms with van der Waals surface area (Å²) in [4.78, 5) is 37.4. The summed E-state index contributed by atoms with van der Waals surface area (Å²) in [5, 5.41) is 12.0. The van der Waals surface area contributed by atoms with Crippen molar-refractivity contribution in [2.45, 2.75) is 45.1 Å². The molecule has 2 amide bonds. The molecule has 0 radical (unpaired) electrons. The Bertz CT molecular complexity index is 987. The quantitative estimate of drug-likeness (QED) is 0.554. The number of carbonyl (C=O) groups is 3. The Kier molecular flexibility index (Phi) is 7.41. The highest BCUT2D eigenvalue weighted by atomic mass is 16.5. The third kappa shape index (κ3) is 5.18. The SMILES string of the molecule is CC(CCCNC(=O)OCC1c2ccccc2-c2ccccc21)C(=O)N(C)C(C)(C)C(=O)O. The van der Waals surface area contributed by atoms with Crippen LogP contribution in [0.25, 0.3) is 11.1 Å². The molecule has 0 bridgehead atoms. The van der Waals surface area contributed by atoms with E-state index >= 15 is 0 Å². The van der Waals surface area contributed by atoms with Crippen LogP contribution in [0, 0.1) is 5.92 Å². The number of benzene rings is 2. The molecule has 7 nitrogen and oxygen atoms in total. The number of amides is 2. The van der Waals surface area contributed by atoms with Gasteiger partial charge in [0.2, 0.25) is 5.91 Å². The number of fused-ring (bicyclic) bond motifs is 3. The van der Waals surface area contributed by atoms with Crippen LogP contribution in [-0.2, 0) is 14.3 Å². The van der Waals surface area contributed by atoms with E-state index in [0.717, 1.165) is 11.1 Å². The molecule has 176 valence electrons. The van der Waals surface area contributed by atoms with Gasteiger partial charge in [-0.1, -0.05) is 55.5 Å². The second-order valence-corrected chi connectivity index (χ2v) is 9.06. The van der Waals surface area contributed by atoms with Gasteiger partial charge in [-0.15, -0.1) is 0 Å². The van der Waals surface area contributed by atoms with Gasteiger partial charge in [0.15, 0.2) is 0 Å². The third-order valence-electron chi connectivity index (χ3n) is 6.54. The summed E-state index contributed by atoms with van der Waals surface area (Å²) in [6.45, 7) is 5.39. The Balaban J connectivity index is 1.45. The van der Waals surface area contributed by atoms with Gasteiger partial charge in [0.1, 0.15) is 12.1 Å². The normalized spacial score (nSPS) is 13.6. The number of nitrogens with zero attached hydrogens (tertiary/aromatic N) is 1. The number of carboxylic acids is 1. The van der Waals surface area contributed by atoms with Gasteiger partial charge < -0.3 is 20.1 Å². The van der Waals surface area contributed by atoms with Crippen molar-refractivity contribution in [3.8, 4) is 11.1 Å². The fourth-order valence-corrected chi connectivity index (χ4v) is 4.12. The minimum absolute atomic E-state index is 0.00826. The molecule has 0 aromatic heterocycles. The number of likely N-dealkylation sites (N-methyl/N-ethyl adjacent to an activating group) is 1. The van der Waals surface area contributed by atoms with Crippen molar-refractivity contribution in [1.82, 2.24) is 10.2 Å². The molecule has 2 aromatic carbocycles. The second kappa shape index (κ2) is 10.1. The van der Waals surface area contributed by atoms with Crippen LogP contribution in [0.15, 0.2) is 48.5 Å². The molecule has 0 heterocycles. The molecular formula is C26H32N2O5. The molecule has 3 rings (SSSR count). The number of hydrogen-bond donors (Lipinski definition) is 2. The van der Waals surface area contributed by atoms with Crippen molar-refractivity contribution in [2.75, 3.05) is 20.2 Å². The predicted molar refractivity (Wildman–Crippen MR) is 126 cm³/mol. The van der Waals surface area contributed by atoms with Crippen molar-refractivity contribution in [3.05, 3.63) is 59.7 Å². The van der Waals surface area contributed by atoms with Crippen molar-refractivity contribution in [2.24, 2.45) is 5.92 Å². The number of carboxylic acid groups (broad SMARTS) is 1. The van der Waals surface area contributed by atoms with E-state index in [0.29, 0.717) is 19.4 Å². The summed E-state index contributed by atoms with van der Waals surface area (Å²) in [6.07, 6.45) is 0.626. The number of carbonyl (C=O) groups excluding carboxylic acids is 2. The Morgan fingerprint density at radius 2 is 1.61 bits per heavy atom. The lowest BCUT2D eigenvalue weighted by Crippen LogP contribution is -2.52. The Labute approximate surface area is 194 Å².